The number of esters is 3. The van der Waals surface area contributed by atoms with E-state index in [0.29, 0.717) is 75.1 Å². The number of para-hydroxylation sites is 2. The summed E-state index contributed by atoms with van der Waals surface area (Å²) in [5.41, 5.74) is 3.63. The fourth-order valence-corrected chi connectivity index (χ4v) is 21.5. The summed E-state index contributed by atoms with van der Waals surface area (Å²) in [4.78, 5) is 115. The number of amides is 4. The molecule has 4 spiro atoms. The van der Waals surface area contributed by atoms with E-state index in [4.69, 9.17) is 65.9 Å². The van der Waals surface area contributed by atoms with E-state index >= 15 is 9.59 Å². The minimum Gasteiger partial charge on any atom is -0.466 e. The minimum atomic E-state index is -1.46. The van der Waals surface area contributed by atoms with Gasteiger partial charge in [-0.05, 0) is 118 Å². The summed E-state index contributed by atoms with van der Waals surface area (Å²) in [6.45, 7) is 11.6. The van der Waals surface area contributed by atoms with Crippen LogP contribution in [0.2, 0.25) is 20.1 Å². The van der Waals surface area contributed by atoms with Crippen LogP contribution in [-0.2, 0) is 58.9 Å². The highest BCUT2D eigenvalue weighted by Crippen LogP contribution is 2.70. The number of likely N-dealkylation sites (tertiary alicyclic amines) is 2. The van der Waals surface area contributed by atoms with Crippen LogP contribution in [0.15, 0.2) is 202 Å². The summed E-state index contributed by atoms with van der Waals surface area (Å²) in [6, 6.07) is 51.4. The first-order valence-corrected chi connectivity index (χ1v) is 36.4. The van der Waals surface area contributed by atoms with Gasteiger partial charge in [-0.2, -0.15) is 0 Å². The van der Waals surface area contributed by atoms with Crippen molar-refractivity contribution in [3.8, 4) is 0 Å². The average molecular weight is 1480 g/mol. The molecule has 0 unspecified atom stereocenters. The van der Waals surface area contributed by atoms with Crippen LogP contribution in [0.5, 0.6) is 0 Å². The fourth-order valence-electron chi connectivity index (χ4n) is 16.7. The summed E-state index contributed by atoms with van der Waals surface area (Å²) >= 11 is 30.0. The van der Waals surface area contributed by atoms with Crippen LogP contribution < -0.4 is 10.6 Å². The van der Waals surface area contributed by atoms with Gasteiger partial charge in [0.15, 0.2) is 21.4 Å². The molecule has 8 aromatic carbocycles. The van der Waals surface area contributed by atoms with E-state index in [1.165, 1.54) is 40.2 Å². The van der Waals surface area contributed by atoms with Crippen LogP contribution in [0.4, 0.5) is 11.4 Å². The second-order valence-electron chi connectivity index (χ2n) is 25.7. The number of rotatable bonds is 9. The van der Waals surface area contributed by atoms with E-state index in [1.54, 1.807) is 71.0 Å². The average Bonchev–Trinajstić information content (AvgIpc) is 1.49. The molecule has 8 aromatic rings. The normalized spacial score (nSPS) is 25.3. The van der Waals surface area contributed by atoms with Gasteiger partial charge in [-0.3, -0.25) is 43.6 Å². The number of likely N-dealkylation sites (N-methyl/N-ethyl adjacent to an activating group) is 2. The molecule has 24 heteroatoms. The van der Waals surface area contributed by atoms with Gasteiger partial charge in [0, 0.05) is 85.6 Å². The van der Waals surface area contributed by atoms with Crippen molar-refractivity contribution in [3.63, 3.8) is 0 Å². The van der Waals surface area contributed by atoms with Gasteiger partial charge in [-0.1, -0.05) is 203 Å². The number of allylic oxidation sites excluding steroid dienone is 2. The lowest BCUT2D eigenvalue weighted by Gasteiger charge is -2.42. The number of halogens is 4. The number of amidine groups is 2. The number of nitrogens with zero attached hydrogens (tertiary/aromatic N) is 6. The maximum atomic E-state index is 15.9. The summed E-state index contributed by atoms with van der Waals surface area (Å²) in [5, 5.41) is 12.1. The standard InChI is InChI=1S/2C37H30Cl2N4O4S.C4H8O2/c2*1-4-47-32(44)29-20(2)40-35-43(31(29)30-26(38)16-10-17-27(30)39)34(46)37(48-35)25(23-14-9-12-21-11-5-6-13-22(21)23)19-42(3)36(37)24-15-7-8-18-28(24)41-33(36)45;1-3-6-4(2)5/h2*5-18,25,31H,4,19H2,1-3H3,(H,41,45);3H2,1-2H3/t2*25-,31+,36+,37-;/m10./s1. The number of benzene rings is 8. The number of thioether (sulfide) groups is 2. The monoisotopic (exact) mass is 1480 g/mol. The molecule has 4 saturated heterocycles. The predicted molar refractivity (Wildman–Crippen MR) is 401 cm³/mol. The maximum absolute atomic E-state index is 15.9. The van der Waals surface area contributed by atoms with E-state index in [0.717, 1.165) is 32.7 Å². The Balaban J connectivity index is 0.000000160. The number of fused-ring (bicyclic) bond motifs is 10. The lowest BCUT2D eigenvalue weighted by molar-refractivity contribution is -0.142. The third-order valence-electron chi connectivity index (χ3n) is 20.5. The molecule has 102 heavy (non-hydrogen) atoms. The van der Waals surface area contributed by atoms with Crippen LogP contribution in [0.25, 0.3) is 21.5 Å². The molecule has 8 atom stereocenters. The Hall–Kier alpha value is -8.83. The first-order valence-electron chi connectivity index (χ1n) is 33.3. The lowest BCUT2D eigenvalue weighted by atomic mass is 9.71. The number of aliphatic imine (C=N–C) groups is 2. The number of anilines is 2. The van der Waals surface area contributed by atoms with E-state index in [1.807, 2.05) is 145 Å². The fraction of sp³-hybridized carbons (Fsp3) is 0.269. The van der Waals surface area contributed by atoms with Gasteiger partial charge in [-0.15, -0.1) is 0 Å². The Morgan fingerprint density at radius 2 is 0.833 bits per heavy atom. The van der Waals surface area contributed by atoms with Gasteiger partial charge >= 0.3 is 17.9 Å². The minimum absolute atomic E-state index is 0.121. The molecule has 520 valence electrons. The zero-order valence-electron chi connectivity index (χ0n) is 56.6. The van der Waals surface area contributed by atoms with Crippen molar-refractivity contribution in [2.75, 3.05) is 57.6 Å². The highest BCUT2D eigenvalue weighted by Gasteiger charge is 2.81. The molecule has 8 aliphatic rings. The van der Waals surface area contributed by atoms with E-state index < -0.39 is 56.4 Å². The molecule has 18 nitrogen and oxygen atoms in total. The first-order chi connectivity index (χ1) is 49.1. The number of carbonyl (C=O) groups is 7. The number of nitrogens with one attached hydrogen (secondary N) is 2. The van der Waals surface area contributed by atoms with Crippen LogP contribution in [0.1, 0.15) is 98.8 Å². The molecule has 8 aliphatic heterocycles. The lowest BCUT2D eigenvalue weighted by Crippen LogP contribution is -2.62. The molecule has 4 amide bonds. The molecule has 0 saturated carbocycles. The Morgan fingerprint density at radius 1 is 0.490 bits per heavy atom. The van der Waals surface area contributed by atoms with Gasteiger partial charge in [-0.25, -0.2) is 19.6 Å². The molecular weight excluding hydrogens is 1410 g/mol. The van der Waals surface area contributed by atoms with Crippen molar-refractivity contribution >= 4 is 155 Å². The zero-order chi connectivity index (χ0) is 72.1. The molecule has 0 radical (unpaired) electrons. The van der Waals surface area contributed by atoms with E-state index in [9.17, 15) is 24.0 Å². The number of carbonyl (C=O) groups excluding carboxylic acids is 7. The van der Waals surface area contributed by atoms with E-state index in [-0.39, 0.29) is 74.0 Å². The van der Waals surface area contributed by atoms with Crippen molar-refractivity contribution in [3.05, 3.63) is 246 Å². The smallest absolute Gasteiger partial charge is 0.338 e. The third-order valence-corrected chi connectivity index (χ3v) is 25.0. The predicted octanol–water partition coefficient (Wildman–Crippen LogP) is 15.1. The molecule has 16 rings (SSSR count). The highest BCUT2D eigenvalue weighted by atomic mass is 35.5. The van der Waals surface area contributed by atoms with Crippen LogP contribution in [0.3, 0.4) is 0 Å². The third kappa shape index (κ3) is 10.3. The van der Waals surface area contributed by atoms with Gasteiger partial charge in [0.1, 0.15) is 21.6 Å². The topological polar surface area (TPSA) is 209 Å². The van der Waals surface area contributed by atoms with Crippen molar-refractivity contribution in [2.24, 2.45) is 9.98 Å². The molecule has 0 bridgehead atoms. The highest BCUT2D eigenvalue weighted by molar-refractivity contribution is 8.16. The Bertz CT molecular complexity index is 4720. The first kappa shape index (κ1) is 70.2. The summed E-state index contributed by atoms with van der Waals surface area (Å²) in [6.07, 6.45) is 0. The Labute approximate surface area is 617 Å². The second-order valence-corrected chi connectivity index (χ2v) is 29.7. The van der Waals surface area contributed by atoms with Gasteiger partial charge < -0.3 is 24.8 Å². The molecular formula is C78H68Cl4N8O10S2. The molecule has 2 N–H and O–H groups in total. The van der Waals surface area contributed by atoms with Crippen molar-refractivity contribution in [1.82, 2.24) is 19.6 Å². The number of ether oxygens (including phenoxy) is 3. The summed E-state index contributed by atoms with van der Waals surface area (Å²) in [7, 11) is 3.80. The molecule has 0 aliphatic carbocycles. The van der Waals surface area contributed by atoms with Crippen LogP contribution in [-0.4, -0.2) is 128 Å². The quantitative estimate of drug-likeness (QED) is 0.102. The Kier molecular flexibility index (Phi) is 18.6. The number of hydrogen-bond donors (Lipinski definition) is 2. The largest absolute Gasteiger partial charge is 0.466 e. The summed E-state index contributed by atoms with van der Waals surface area (Å²) < 4.78 is 12.5. The van der Waals surface area contributed by atoms with Gasteiger partial charge in [0.05, 0.1) is 42.4 Å². The van der Waals surface area contributed by atoms with Crippen LogP contribution >= 0.6 is 69.9 Å². The second kappa shape index (κ2) is 27.1. The summed E-state index contributed by atoms with van der Waals surface area (Å²) in [5.74, 6) is -3.73. The molecule has 0 aromatic heterocycles. The number of hydrogen-bond acceptors (Lipinski definition) is 16. The maximum Gasteiger partial charge on any atom is 0.338 e. The van der Waals surface area contributed by atoms with Crippen molar-refractivity contribution in [1.29, 1.82) is 0 Å². The Morgan fingerprint density at radius 3 is 1.20 bits per heavy atom. The van der Waals surface area contributed by atoms with Crippen molar-refractivity contribution in [2.45, 2.75) is 86.0 Å². The van der Waals surface area contributed by atoms with E-state index in [2.05, 4.69) is 27.5 Å². The molecule has 4 fully saturated rings. The van der Waals surface area contributed by atoms with Gasteiger partial charge in [0.2, 0.25) is 11.8 Å². The zero-order valence-corrected chi connectivity index (χ0v) is 61.3. The molecule has 8 heterocycles. The van der Waals surface area contributed by atoms with Gasteiger partial charge in [0.25, 0.3) is 11.8 Å². The van der Waals surface area contributed by atoms with Crippen LogP contribution in [0, 0.1) is 0 Å². The SMILES string of the molecule is CCOC(=O)C1=C(C)N=C2S[C@@]3(C(=O)N2[C@@H]1c1c(Cl)cccc1Cl)[C@@H](c1cccc2ccccc12)CN(C)[C@@]31C(=O)Nc2ccccc21.CCOC(=O)C1=C(C)N=C2S[C@]3(C(=O)N2[C@H]1c1c(Cl)cccc1Cl)[C@H](c1cccc2ccccc12)CN(C)[C@]31C(=O)Nc2ccccc21.CCOC(C)=O. The van der Waals surface area contributed by atoms with Crippen molar-refractivity contribution < 1.29 is 47.8 Å².